The first-order valence-electron chi connectivity index (χ1n) is 8.83. The van der Waals surface area contributed by atoms with E-state index in [0.717, 1.165) is 31.7 Å². The normalized spacial score (nSPS) is 14.4. The van der Waals surface area contributed by atoms with E-state index in [1.54, 1.807) is 12.4 Å². The summed E-state index contributed by atoms with van der Waals surface area (Å²) < 4.78 is 0. The van der Waals surface area contributed by atoms with Gasteiger partial charge in [0.25, 0.3) is 0 Å². The summed E-state index contributed by atoms with van der Waals surface area (Å²) in [4.78, 5) is 25.2. The van der Waals surface area contributed by atoms with Gasteiger partial charge in [-0.25, -0.2) is 4.98 Å². The fraction of sp³-hybridized carbons (Fsp3) is 0.263. The quantitative estimate of drug-likeness (QED) is 0.685. The zero-order valence-electron chi connectivity index (χ0n) is 14.8. The number of hydrogen-bond acceptors (Lipinski definition) is 6. The van der Waals surface area contributed by atoms with E-state index >= 15 is 0 Å². The number of para-hydroxylation sites is 1. The molecule has 1 aliphatic rings. The maximum absolute atomic E-state index is 12.5. The topological polar surface area (TPSA) is 78.0 Å². The number of piperazine rings is 1. The van der Waals surface area contributed by atoms with Gasteiger partial charge in [0.1, 0.15) is 0 Å². The highest BCUT2D eigenvalue weighted by atomic mass is 32.2. The van der Waals surface area contributed by atoms with Crippen LogP contribution in [0.5, 0.6) is 0 Å². The van der Waals surface area contributed by atoms with E-state index in [1.165, 1.54) is 17.4 Å². The second kappa shape index (κ2) is 8.22. The van der Waals surface area contributed by atoms with E-state index in [0.29, 0.717) is 16.7 Å². The Morgan fingerprint density at radius 3 is 2.63 bits per heavy atom. The first kappa shape index (κ1) is 17.5. The summed E-state index contributed by atoms with van der Waals surface area (Å²) in [5, 5.41) is 7.65. The highest BCUT2D eigenvalue weighted by Crippen LogP contribution is 2.20. The molecule has 0 saturated carbocycles. The lowest BCUT2D eigenvalue weighted by atomic mass is 10.2. The fourth-order valence-electron chi connectivity index (χ4n) is 3.01. The van der Waals surface area contributed by atoms with Gasteiger partial charge in [-0.2, -0.15) is 0 Å². The van der Waals surface area contributed by atoms with Crippen LogP contribution < -0.4 is 4.90 Å². The van der Waals surface area contributed by atoms with E-state index < -0.39 is 0 Å². The zero-order valence-corrected chi connectivity index (χ0v) is 15.6. The number of anilines is 1. The van der Waals surface area contributed by atoms with Crippen LogP contribution in [0.15, 0.2) is 60.0 Å². The number of amides is 1. The molecule has 1 aliphatic heterocycles. The monoisotopic (exact) mass is 380 g/mol. The number of benzene rings is 1. The SMILES string of the molecule is O=C(CSc1n[nH]c(-c2cccnc2)n1)N1CCN(c2ccccc2)CC1. The largest absolute Gasteiger partial charge is 0.368 e. The first-order valence-corrected chi connectivity index (χ1v) is 9.81. The van der Waals surface area contributed by atoms with Gasteiger partial charge in [-0.05, 0) is 24.3 Å². The number of nitrogens with one attached hydrogen (secondary N) is 1. The Bertz CT molecular complexity index is 877. The molecule has 0 bridgehead atoms. The standard InChI is InChI=1S/C19H20N6OS/c26-17(25-11-9-24(10-12-25)16-6-2-1-3-7-16)14-27-19-21-18(22-23-19)15-5-4-8-20-13-15/h1-8,13H,9-12,14H2,(H,21,22,23). The van der Waals surface area contributed by atoms with Crippen molar-refractivity contribution in [2.24, 2.45) is 0 Å². The Kier molecular flexibility index (Phi) is 5.34. The minimum atomic E-state index is 0.125. The van der Waals surface area contributed by atoms with E-state index in [-0.39, 0.29) is 5.91 Å². The summed E-state index contributed by atoms with van der Waals surface area (Å²) in [6.45, 7) is 3.19. The molecule has 1 saturated heterocycles. The minimum Gasteiger partial charge on any atom is -0.368 e. The van der Waals surface area contributed by atoms with Crippen LogP contribution in [0.3, 0.4) is 0 Å². The molecule has 0 aliphatic carbocycles. The lowest BCUT2D eigenvalue weighted by molar-refractivity contribution is -0.128. The van der Waals surface area contributed by atoms with Crippen molar-refractivity contribution in [3.8, 4) is 11.4 Å². The van der Waals surface area contributed by atoms with Crippen molar-refractivity contribution in [1.29, 1.82) is 0 Å². The van der Waals surface area contributed by atoms with Gasteiger partial charge in [0.2, 0.25) is 11.1 Å². The second-order valence-corrected chi connectivity index (χ2v) is 7.14. The molecule has 3 aromatic rings. The Morgan fingerprint density at radius 2 is 1.89 bits per heavy atom. The summed E-state index contributed by atoms with van der Waals surface area (Å²) in [7, 11) is 0. The van der Waals surface area contributed by atoms with Gasteiger partial charge >= 0.3 is 0 Å². The maximum atomic E-state index is 12.5. The van der Waals surface area contributed by atoms with Gasteiger partial charge < -0.3 is 9.80 Å². The Labute approximate surface area is 161 Å². The molecule has 0 radical (unpaired) electrons. The van der Waals surface area contributed by atoms with E-state index in [1.807, 2.05) is 35.2 Å². The van der Waals surface area contributed by atoms with Crippen LogP contribution in [0, 0.1) is 0 Å². The number of aromatic nitrogens is 4. The molecule has 4 rings (SSSR count). The molecule has 1 aromatic carbocycles. The average Bonchev–Trinajstić information content (AvgIpc) is 3.22. The number of pyridine rings is 1. The van der Waals surface area contributed by atoms with Gasteiger partial charge in [-0.1, -0.05) is 30.0 Å². The number of nitrogens with zero attached hydrogens (tertiary/aromatic N) is 5. The van der Waals surface area contributed by atoms with Gasteiger partial charge in [0.05, 0.1) is 5.75 Å². The molecular formula is C19H20N6OS. The van der Waals surface area contributed by atoms with Gasteiger partial charge in [-0.15, -0.1) is 5.10 Å². The number of H-pyrrole nitrogens is 1. The second-order valence-electron chi connectivity index (χ2n) is 6.20. The van der Waals surface area contributed by atoms with Crippen LogP contribution in [-0.4, -0.2) is 62.9 Å². The molecule has 7 nitrogen and oxygen atoms in total. The van der Waals surface area contributed by atoms with Crippen molar-refractivity contribution in [1.82, 2.24) is 25.1 Å². The molecule has 0 atom stereocenters. The van der Waals surface area contributed by atoms with Gasteiger partial charge in [0, 0.05) is 49.8 Å². The zero-order chi connectivity index (χ0) is 18.5. The van der Waals surface area contributed by atoms with Crippen LogP contribution in [-0.2, 0) is 4.79 Å². The van der Waals surface area contributed by atoms with E-state index in [9.17, 15) is 4.79 Å². The number of carbonyl (C=O) groups is 1. The third-order valence-electron chi connectivity index (χ3n) is 4.48. The molecule has 1 N–H and O–H groups in total. The molecule has 1 amide bonds. The Balaban J connectivity index is 1.27. The van der Waals surface area contributed by atoms with Crippen molar-refractivity contribution in [2.45, 2.75) is 5.16 Å². The molecule has 0 spiro atoms. The third kappa shape index (κ3) is 4.28. The van der Waals surface area contributed by atoms with Crippen LogP contribution in [0.1, 0.15) is 0 Å². The smallest absolute Gasteiger partial charge is 0.233 e. The minimum absolute atomic E-state index is 0.125. The summed E-state index contributed by atoms with van der Waals surface area (Å²) in [5.74, 6) is 1.13. The van der Waals surface area contributed by atoms with Crippen LogP contribution in [0.4, 0.5) is 5.69 Å². The van der Waals surface area contributed by atoms with Crippen molar-refractivity contribution in [3.05, 3.63) is 54.9 Å². The number of thioether (sulfide) groups is 1. The van der Waals surface area contributed by atoms with E-state index in [4.69, 9.17) is 0 Å². The molecule has 0 unspecified atom stereocenters. The molecular weight excluding hydrogens is 360 g/mol. The molecule has 1 fully saturated rings. The maximum Gasteiger partial charge on any atom is 0.233 e. The highest BCUT2D eigenvalue weighted by Gasteiger charge is 2.21. The van der Waals surface area contributed by atoms with E-state index in [2.05, 4.69) is 37.2 Å². The summed E-state index contributed by atoms with van der Waals surface area (Å²) in [6.07, 6.45) is 3.44. The Hall–Kier alpha value is -2.87. The lowest BCUT2D eigenvalue weighted by Gasteiger charge is -2.36. The molecule has 27 heavy (non-hydrogen) atoms. The number of aromatic amines is 1. The first-order chi connectivity index (χ1) is 13.3. The average molecular weight is 380 g/mol. The van der Waals surface area contributed by atoms with Crippen LogP contribution in [0.2, 0.25) is 0 Å². The number of rotatable bonds is 5. The van der Waals surface area contributed by atoms with Gasteiger partial charge in [-0.3, -0.25) is 14.9 Å². The molecule has 2 aromatic heterocycles. The molecule has 3 heterocycles. The van der Waals surface area contributed by atoms with Gasteiger partial charge in [0.15, 0.2) is 5.82 Å². The predicted octanol–water partition coefficient (Wildman–Crippen LogP) is 2.31. The van der Waals surface area contributed by atoms with Crippen molar-refractivity contribution < 1.29 is 4.79 Å². The molecule has 138 valence electrons. The number of hydrogen-bond donors (Lipinski definition) is 1. The van der Waals surface area contributed by atoms with Crippen molar-refractivity contribution in [2.75, 3.05) is 36.8 Å². The Morgan fingerprint density at radius 1 is 1.07 bits per heavy atom. The lowest BCUT2D eigenvalue weighted by Crippen LogP contribution is -2.49. The highest BCUT2D eigenvalue weighted by molar-refractivity contribution is 7.99. The number of carbonyl (C=O) groups excluding carboxylic acids is 1. The summed E-state index contributed by atoms with van der Waals surface area (Å²) in [5.41, 5.74) is 2.09. The van der Waals surface area contributed by atoms with Crippen molar-refractivity contribution in [3.63, 3.8) is 0 Å². The third-order valence-corrected chi connectivity index (χ3v) is 5.31. The van der Waals surface area contributed by atoms with Crippen LogP contribution in [0.25, 0.3) is 11.4 Å². The van der Waals surface area contributed by atoms with Crippen LogP contribution >= 0.6 is 11.8 Å². The summed E-state index contributed by atoms with van der Waals surface area (Å²) in [6, 6.07) is 14.1. The molecule has 8 heteroatoms. The predicted molar refractivity (Wildman–Crippen MR) is 106 cm³/mol. The summed E-state index contributed by atoms with van der Waals surface area (Å²) >= 11 is 1.36. The fourth-order valence-corrected chi connectivity index (χ4v) is 3.71. The van der Waals surface area contributed by atoms with Crippen molar-refractivity contribution >= 4 is 23.4 Å².